The van der Waals surface area contributed by atoms with E-state index in [-0.39, 0.29) is 6.10 Å². The van der Waals surface area contributed by atoms with Gasteiger partial charge in [-0.3, -0.25) is 0 Å². The van der Waals surface area contributed by atoms with Crippen LogP contribution in [0.15, 0.2) is 18.2 Å². The molecule has 0 aromatic heterocycles. The highest BCUT2D eigenvalue weighted by Gasteiger charge is 2.21. The van der Waals surface area contributed by atoms with Gasteiger partial charge in [-0.15, -0.1) is 0 Å². The molecule has 0 aliphatic heterocycles. The molecule has 2 rings (SSSR count). The van der Waals surface area contributed by atoms with Gasteiger partial charge < -0.3 is 19.9 Å². The van der Waals surface area contributed by atoms with Gasteiger partial charge in [-0.25, -0.2) is 0 Å². The van der Waals surface area contributed by atoms with E-state index in [1.54, 1.807) is 14.2 Å². The summed E-state index contributed by atoms with van der Waals surface area (Å²) >= 11 is 0. The van der Waals surface area contributed by atoms with E-state index in [1.165, 1.54) is 5.56 Å². The van der Waals surface area contributed by atoms with Gasteiger partial charge in [0.25, 0.3) is 0 Å². The fourth-order valence-corrected chi connectivity index (χ4v) is 3.14. The zero-order valence-corrected chi connectivity index (χ0v) is 13.3. The first kappa shape index (κ1) is 16.1. The molecule has 0 saturated heterocycles. The summed E-state index contributed by atoms with van der Waals surface area (Å²) in [4.78, 5) is 0. The number of rotatable bonds is 6. The molecule has 0 heterocycles. The summed E-state index contributed by atoms with van der Waals surface area (Å²) in [5.41, 5.74) is 1.23. The lowest BCUT2D eigenvalue weighted by molar-refractivity contribution is 0.109. The Hall–Kier alpha value is -1.26. The molecule has 3 atom stereocenters. The van der Waals surface area contributed by atoms with Crippen LogP contribution in [-0.2, 0) is 6.42 Å². The number of hydrogen-bond donors (Lipinski definition) is 2. The van der Waals surface area contributed by atoms with Gasteiger partial charge in [-0.2, -0.15) is 0 Å². The van der Waals surface area contributed by atoms with Crippen LogP contribution in [0.3, 0.4) is 0 Å². The van der Waals surface area contributed by atoms with Crippen LogP contribution in [0.25, 0.3) is 0 Å². The molecule has 3 unspecified atom stereocenters. The number of hydrogen-bond acceptors (Lipinski definition) is 4. The van der Waals surface area contributed by atoms with E-state index in [0.717, 1.165) is 43.6 Å². The summed E-state index contributed by atoms with van der Waals surface area (Å²) in [5.74, 6) is 1.53. The molecular formula is C17H27NO3. The SMILES string of the molecule is COc1ccc(CC(C)NC2CCCC(O)C2)cc1OC. The van der Waals surface area contributed by atoms with E-state index in [0.29, 0.717) is 12.1 Å². The van der Waals surface area contributed by atoms with Crippen LogP contribution in [0, 0.1) is 0 Å². The molecule has 1 fully saturated rings. The molecule has 118 valence electrons. The number of nitrogens with one attached hydrogen (secondary N) is 1. The van der Waals surface area contributed by atoms with Crippen LogP contribution in [0.4, 0.5) is 0 Å². The lowest BCUT2D eigenvalue weighted by Gasteiger charge is -2.29. The molecule has 21 heavy (non-hydrogen) atoms. The molecule has 1 aromatic carbocycles. The number of methoxy groups -OCH3 is 2. The maximum absolute atomic E-state index is 9.74. The molecule has 0 amide bonds. The Morgan fingerprint density at radius 1 is 1.24 bits per heavy atom. The van der Waals surface area contributed by atoms with Crippen LogP contribution in [0.1, 0.15) is 38.2 Å². The van der Waals surface area contributed by atoms with Crippen molar-refractivity contribution in [3.05, 3.63) is 23.8 Å². The van der Waals surface area contributed by atoms with E-state index in [9.17, 15) is 5.11 Å². The number of aliphatic hydroxyl groups excluding tert-OH is 1. The molecule has 4 heteroatoms. The molecule has 1 aromatic rings. The van der Waals surface area contributed by atoms with Gasteiger partial charge in [0, 0.05) is 12.1 Å². The second-order valence-electron chi connectivity index (χ2n) is 5.98. The quantitative estimate of drug-likeness (QED) is 0.846. The highest BCUT2D eigenvalue weighted by molar-refractivity contribution is 5.43. The van der Waals surface area contributed by atoms with Crippen molar-refractivity contribution < 1.29 is 14.6 Å². The number of ether oxygens (including phenoxy) is 2. The van der Waals surface area contributed by atoms with Crippen LogP contribution in [0.2, 0.25) is 0 Å². The maximum atomic E-state index is 9.74. The molecule has 0 radical (unpaired) electrons. The Balaban J connectivity index is 1.91. The summed E-state index contributed by atoms with van der Waals surface area (Å²) in [6.07, 6.45) is 4.89. The van der Waals surface area contributed by atoms with Gasteiger partial charge in [0.1, 0.15) is 0 Å². The zero-order valence-electron chi connectivity index (χ0n) is 13.3. The van der Waals surface area contributed by atoms with E-state index in [4.69, 9.17) is 9.47 Å². The average molecular weight is 293 g/mol. The van der Waals surface area contributed by atoms with E-state index in [2.05, 4.69) is 18.3 Å². The minimum absolute atomic E-state index is 0.135. The third-order valence-electron chi connectivity index (χ3n) is 4.16. The van der Waals surface area contributed by atoms with Gasteiger partial charge in [-0.05, 0) is 56.7 Å². The first-order valence-corrected chi connectivity index (χ1v) is 7.77. The first-order chi connectivity index (χ1) is 10.1. The van der Waals surface area contributed by atoms with E-state index >= 15 is 0 Å². The highest BCUT2D eigenvalue weighted by Crippen LogP contribution is 2.28. The van der Waals surface area contributed by atoms with Crippen LogP contribution in [0.5, 0.6) is 11.5 Å². The number of aliphatic hydroxyl groups is 1. The fourth-order valence-electron chi connectivity index (χ4n) is 3.14. The highest BCUT2D eigenvalue weighted by atomic mass is 16.5. The number of benzene rings is 1. The second-order valence-corrected chi connectivity index (χ2v) is 5.98. The van der Waals surface area contributed by atoms with Crippen molar-refractivity contribution in [2.45, 2.75) is 57.2 Å². The first-order valence-electron chi connectivity index (χ1n) is 7.77. The molecule has 1 aliphatic carbocycles. The lowest BCUT2D eigenvalue weighted by atomic mass is 9.92. The average Bonchev–Trinajstić information content (AvgIpc) is 2.47. The van der Waals surface area contributed by atoms with Gasteiger partial charge in [-0.1, -0.05) is 6.07 Å². The summed E-state index contributed by atoms with van der Waals surface area (Å²) < 4.78 is 10.6. The van der Waals surface area contributed by atoms with Crippen molar-refractivity contribution in [1.29, 1.82) is 0 Å². The van der Waals surface area contributed by atoms with Crippen molar-refractivity contribution in [1.82, 2.24) is 5.32 Å². The zero-order chi connectivity index (χ0) is 15.2. The van der Waals surface area contributed by atoms with E-state index in [1.807, 2.05) is 12.1 Å². The largest absolute Gasteiger partial charge is 0.493 e. The van der Waals surface area contributed by atoms with Crippen molar-refractivity contribution in [2.24, 2.45) is 0 Å². The minimum atomic E-state index is -0.135. The second kappa shape index (κ2) is 7.66. The van der Waals surface area contributed by atoms with Crippen molar-refractivity contribution in [3.8, 4) is 11.5 Å². The van der Waals surface area contributed by atoms with Crippen LogP contribution < -0.4 is 14.8 Å². The molecule has 4 nitrogen and oxygen atoms in total. The van der Waals surface area contributed by atoms with Gasteiger partial charge in [0.15, 0.2) is 11.5 Å². The Kier molecular flexibility index (Phi) is 5.88. The van der Waals surface area contributed by atoms with Gasteiger partial charge in [0.05, 0.1) is 20.3 Å². The Labute approximate surface area is 127 Å². The van der Waals surface area contributed by atoms with Crippen molar-refractivity contribution >= 4 is 0 Å². The fraction of sp³-hybridized carbons (Fsp3) is 0.647. The van der Waals surface area contributed by atoms with Gasteiger partial charge in [0.2, 0.25) is 0 Å². The lowest BCUT2D eigenvalue weighted by Crippen LogP contribution is -2.41. The van der Waals surface area contributed by atoms with E-state index < -0.39 is 0 Å². The predicted molar refractivity (Wildman–Crippen MR) is 84.1 cm³/mol. The monoisotopic (exact) mass is 293 g/mol. The van der Waals surface area contributed by atoms with Crippen molar-refractivity contribution in [3.63, 3.8) is 0 Å². The summed E-state index contributed by atoms with van der Waals surface area (Å²) in [6, 6.07) is 6.87. The van der Waals surface area contributed by atoms with Crippen LogP contribution in [-0.4, -0.2) is 37.5 Å². The molecule has 2 N–H and O–H groups in total. The normalized spacial score (nSPS) is 23.6. The Morgan fingerprint density at radius 3 is 2.67 bits per heavy atom. The summed E-state index contributed by atoms with van der Waals surface area (Å²) in [5, 5.41) is 13.4. The predicted octanol–water partition coefficient (Wildman–Crippen LogP) is 2.53. The van der Waals surface area contributed by atoms with Crippen LogP contribution >= 0.6 is 0 Å². The Morgan fingerprint density at radius 2 is 2.00 bits per heavy atom. The molecule has 1 saturated carbocycles. The third kappa shape index (κ3) is 4.61. The standard InChI is InChI=1S/C17H27NO3/c1-12(18-14-5-4-6-15(19)11-14)9-13-7-8-16(20-2)17(10-13)21-3/h7-8,10,12,14-15,18-19H,4-6,9,11H2,1-3H3. The minimum Gasteiger partial charge on any atom is -0.493 e. The summed E-state index contributed by atoms with van der Waals surface area (Å²) in [7, 11) is 3.31. The molecule has 0 bridgehead atoms. The topological polar surface area (TPSA) is 50.7 Å². The third-order valence-corrected chi connectivity index (χ3v) is 4.16. The maximum Gasteiger partial charge on any atom is 0.160 e. The molecule has 0 spiro atoms. The van der Waals surface area contributed by atoms with Crippen molar-refractivity contribution in [2.75, 3.05) is 14.2 Å². The molecular weight excluding hydrogens is 266 g/mol. The summed E-state index contributed by atoms with van der Waals surface area (Å²) in [6.45, 7) is 2.19. The molecule has 1 aliphatic rings. The Bertz CT molecular complexity index is 450. The van der Waals surface area contributed by atoms with Gasteiger partial charge >= 0.3 is 0 Å². The smallest absolute Gasteiger partial charge is 0.160 e.